The summed E-state index contributed by atoms with van der Waals surface area (Å²) in [5, 5.41) is 3.13. The van der Waals surface area contributed by atoms with Crippen LogP contribution in [0.15, 0.2) is 24.3 Å². The molecule has 0 amide bonds. The van der Waals surface area contributed by atoms with Gasteiger partial charge in [-0.1, -0.05) is 25.1 Å². The highest BCUT2D eigenvalue weighted by atomic mass is 19.4. The van der Waals surface area contributed by atoms with Crippen LogP contribution >= 0.6 is 0 Å². The zero-order valence-electron chi connectivity index (χ0n) is 10.9. The second kappa shape index (κ2) is 6.70. The van der Waals surface area contributed by atoms with Crippen molar-refractivity contribution in [2.24, 2.45) is 0 Å². The van der Waals surface area contributed by atoms with Crippen molar-refractivity contribution in [3.05, 3.63) is 41.2 Å². The summed E-state index contributed by atoms with van der Waals surface area (Å²) in [6.45, 7) is 4.65. The predicted molar refractivity (Wildman–Crippen MR) is 68.2 cm³/mol. The van der Waals surface area contributed by atoms with Crippen LogP contribution in [0.1, 0.15) is 31.4 Å². The van der Waals surface area contributed by atoms with Crippen LogP contribution in [0.2, 0.25) is 0 Å². The molecule has 19 heavy (non-hydrogen) atoms. The molecule has 1 rings (SSSR count). The van der Waals surface area contributed by atoms with Gasteiger partial charge in [0.1, 0.15) is 5.82 Å². The molecule has 0 spiro atoms. The Morgan fingerprint density at radius 2 is 2.00 bits per heavy atom. The molecule has 0 fully saturated rings. The Kier molecular flexibility index (Phi) is 5.54. The first-order chi connectivity index (χ1) is 8.84. The molecule has 106 valence electrons. The molecule has 0 saturated heterocycles. The third kappa shape index (κ3) is 5.03. The van der Waals surface area contributed by atoms with Crippen molar-refractivity contribution in [3.63, 3.8) is 0 Å². The topological polar surface area (TPSA) is 12.0 Å². The van der Waals surface area contributed by atoms with Gasteiger partial charge in [0.05, 0.1) is 5.56 Å². The lowest BCUT2D eigenvalue weighted by atomic mass is 10.1. The zero-order chi connectivity index (χ0) is 14.5. The fraction of sp³-hybridized carbons (Fsp3) is 0.429. The van der Waals surface area contributed by atoms with Gasteiger partial charge in [-0.2, -0.15) is 13.2 Å². The first kappa shape index (κ1) is 15.7. The number of benzene rings is 1. The molecule has 0 aromatic heterocycles. The molecule has 0 aliphatic rings. The van der Waals surface area contributed by atoms with Crippen LogP contribution in [-0.4, -0.2) is 12.6 Å². The first-order valence-electron chi connectivity index (χ1n) is 6.13. The lowest BCUT2D eigenvalue weighted by molar-refractivity contribution is -0.137. The average Bonchev–Trinajstić information content (AvgIpc) is 2.33. The Morgan fingerprint density at radius 3 is 2.58 bits per heavy atom. The van der Waals surface area contributed by atoms with Crippen LogP contribution in [-0.2, 0) is 6.18 Å². The average molecular weight is 275 g/mol. The van der Waals surface area contributed by atoms with Crippen molar-refractivity contribution in [1.82, 2.24) is 5.32 Å². The molecule has 0 aliphatic carbocycles. The fourth-order valence-corrected chi connectivity index (χ4v) is 1.61. The smallest absolute Gasteiger partial charge is 0.311 e. The molecule has 1 atom stereocenters. The van der Waals surface area contributed by atoms with Gasteiger partial charge in [-0.15, -0.1) is 0 Å². The summed E-state index contributed by atoms with van der Waals surface area (Å²) >= 11 is 0. The van der Waals surface area contributed by atoms with Crippen molar-refractivity contribution in [1.29, 1.82) is 0 Å². The molecular formula is C14H17F4N. The Hall–Kier alpha value is -1.36. The Morgan fingerprint density at radius 1 is 1.32 bits per heavy atom. The van der Waals surface area contributed by atoms with Crippen molar-refractivity contribution in [2.45, 2.75) is 32.5 Å². The third-order valence-electron chi connectivity index (χ3n) is 2.60. The standard InChI is InChI=1S/C14H17F4N/c1-3-8-19-10(2)4-5-11-6-7-12(15)9-13(11)14(16,17)18/h4-7,9-10,19H,3,8H2,1-2H3/b5-4+. The van der Waals surface area contributed by atoms with Crippen LogP contribution in [0.4, 0.5) is 17.6 Å². The molecular weight excluding hydrogens is 258 g/mol. The van der Waals surface area contributed by atoms with E-state index in [4.69, 9.17) is 0 Å². The molecule has 1 unspecified atom stereocenters. The van der Waals surface area contributed by atoms with E-state index in [-0.39, 0.29) is 11.6 Å². The Labute approximate surface area is 110 Å². The van der Waals surface area contributed by atoms with Crippen LogP contribution in [0.3, 0.4) is 0 Å². The van der Waals surface area contributed by atoms with Crippen molar-refractivity contribution < 1.29 is 17.6 Å². The minimum absolute atomic E-state index is 0.0287. The summed E-state index contributed by atoms with van der Waals surface area (Å²) in [7, 11) is 0. The third-order valence-corrected chi connectivity index (χ3v) is 2.60. The van der Waals surface area contributed by atoms with Gasteiger partial charge in [-0.3, -0.25) is 0 Å². The second-order valence-electron chi connectivity index (χ2n) is 4.33. The summed E-state index contributed by atoms with van der Waals surface area (Å²) in [5.41, 5.74) is -0.981. The molecule has 0 saturated carbocycles. The van der Waals surface area contributed by atoms with E-state index in [2.05, 4.69) is 5.32 Å². The number of hydrogen-bond acceptors (Lipinski definition) is 1. The maximum absolute atomic E-state index is 12.9. The van der Waals surface area contributed by atoms with E-state index in [9.17, 15) is 17.6 Å². The summed E-state index contributed by atoms with van der Waals surface area (Å²) in [4.78, 5) is 0. The van der Waals surface area contributed by atoms with Gasteiger partial charge in [0, 0.05) is 6.04 Å². The van der Waals surface area contributed by atoms with E-state index in [1.165, 1.54) is 6.08 Å². The van der Waals surface area contributed by atoms with E-state index in [0.717, 1.165) is 25.1 Å². The minimum Gasteiger partial charge on any atom is -0.311 e. The predicted octanol–water partition coefficient (Wildman–Crippen LogP) is 4.25. The van der Waals surface area contributed by atoms with E-state index in [0.29, 0.717) is 6.07 Å². The number of hydrogen-bond donors (Lipinski definition) is 1. The Bertz CT molecular complexity index is 438. The Balaban J connectivity index is 2.92. The quantitative estimate of drug-likeness (QED) is 0.792. The van der Waals surface area contributed by atoms with Gasteiger partial charge < -0.3 is 5.32 Å². The van der Waals surface area contributed by atoms with Crippen LogP contribution in [0, 0.1) is 5.82 Å². The largest absolute Gasteiger partial charge is 0.417 e. The maximum atomic E-state index is 12.9. The van der Waals surface area contributed by atoms with E-state index < -0.39 is 17.6 Å². The monoisotopic (exact) mass is 275 g/mol. The molecule has 1 aromatic rings. The fourth-order valence-electron chi connectivity index (χ4n) is 1.61. The van der Waals surface area contributed by atoms with Gasteiger partial charge in [-0.05, 0) is 37.6 Å². The highest BCUT2D eigenvalue weighted by molar-refractivity contribution is 5.55. The van der Waals surface area contributed by atoms with Crippen molar-refractivity contribution in [2.75, 3.05) is 6.54 Å². The molecule has 1 nitrogen and oxygen atoms in total. The lowest BCUT2D eigenvalue weighted by Gasteiger charge is -2.11. The van der Waals surface area contributed by atoms with Gasteiger partial charge >= 0.3 is 6.18 Å². The molecule has 1 N–H and O–H groups in total. The van der Waals surface area contributed by atoms with Crippen molar-refractivity contribution in [3.8, 4) is 0 Å². The molecule has 1 aromatic carbocycles. The summed E-state index contributed by atoms with van der Waals surface area (Å²) in [5.74, 6) is -0.887. The van der Waals surface area contributed by atoms with Crippen molar-refractivity contribution >= 4 is 6.08 Å². The minimum atomic E-state index is -4.55. The second-order valence-corrected chi connectivity index (χ2v) is 4.33. The first-order valence-corrected chi connectivity index (χ1v) is 6.13. The van der Waals surface area contributed by atoms with E-state index >= 15 is 0 Å². The molecule has 0 heterocycles. The van der Waals surface area contributed by atoms with E-state index in [1.54, 1.807) is 6.08 Å². The van der Waals surface area contributed by atoms with Crippen LogP contribution < -0.4 is 5.32 Å². The van der Waals surface area contributed by atoms with Gasteiger partial charge in [0.2, 0.25) is 0 Å². The van der Waals surface area contributed by atoms with Gasteiger partial charge in [0.15, 0.2) is 0 Å². The van der Waals surface area contributed by atoms with E-state index in [1.807, 2.05) is 13.8 Å². The van der Waals surface area contributed by atoms with Crippen LogP contribution in [0.5, 0.6) is 0 Å². The zero-order valence-corrected chi connectivity index (χ0v) is 10.9. The number of alkyl halides is 3. The summed E-state index contributed by atoms with van der Waals surface area (Å²) < 4.78 is 51.1. The molecule has 0 aliphatic heterocycles. The number of halogens is 4. The maximum Gasteiger partial charge on any atom is 0.417 e. The molecule has 5 heteroatoms. The highest BCUT2D eigenvalue weighted by Crippen LogP contribution is 2.33. The highest BCUT2D eigenvalue weighted by Gasteiger charge is 2.33. The van der Waals surface area contributed by atoms with Gasteiger partial charge in [0.25, 0.3) is 0 Å². The number of rotatable bonds is 5. The number of nitrogens with one attached hydrogen (secondary N) is 1. The van der Waals surface area contributed by atoms with Crippen LogP contribution in [0.25, 0.3) is 6.08 Å². The van der Waals surface area contributed by atoms with Gasteiger partial charge in [-0.25, -0.2) is 4.39 Å². The molecule has 0 bridgehead atoms. The SMILES string of the molecule is CCCNC(C)/C=C/c1ccc(F)cc1C(F)(F)F. The lowest BCUT2D eigenvalue weighted by Crippen LogP contribution is -2.24. The summed E-state index contributed by atoms with van der Waals surface area (Å²) in [6.07, 6.45) is -0.599. The molecule has 0 radical (unpaired) electrons. The summed E-state index contributed by atoms with van der Waals surface area (Å²) in [6, 6.07) is 2.65. The normalized spacial score (nSPS) is 14.0.